The van der Waals surface area contributed by atoms with Crippen molar-refractivity contribution in [1.29, 1.82) is 0 Å². The third kappa shape index (κ3) is 1.99. The van der Waals surface area contributed by atoms with E-state index in [2.05, 4.69) is 29.0 Å². The summed E-state index contributed by atoms with van der Waals surface area (Å²) in [5.74, 6) is 1.07. The average molecular weight is 252 g/mol. The van der Waals surface area contributed by atoms with Gasteiger partial charge in [-0.25, -0.2) is 9.99 Å². The Labute approximate surface area is 112 Å². The third-order valence-corrected chi connectivity index (χ3v) is 3.41. The molecule has 1 aliphatic rings. The van der Waals surface area contributed by atoms with Gasteiger partial charge in [0.25, 0.3) is 0 Å². The highest BCUT2D eigenvalue weighted by Crippen LogP contribution is 2.33. The van der Waals surface area contributed by atoms with Crippen LogP contribution in [0.5, 0.6) is 0 Å². The summed E-state index contributed by atoms with van der Waals surface area (Å²) in [6, 6.07) is 10.3. The van der Waals surface area contributed by atoms with Crippen LogP contribution in [0, 0.1) is 0 Å². The van der Waals surface area contributed by atoms with Crippen molar-refractivity contribution in [2.24, 2.45) is 5.10 Å². The summed E-state index contributed by atoms with van der Waals surface area (Å²) in [7, 11) is 1.92. The number of rotatable bonds is 2. The van der Waals surface area contributed by atoms with Crippen LogP contribution in [0.2, 0.25) is 0 Å². The van der Waals surface area contributed by atoms with Gasteiger partial charge < -0.3 is 0 Å². The van der Waals surface area contributed by atoms with Crippen molar-refractivity contribution in [2.45, 2.75) is 19.3 Å². The Bertz CT molecular complexity index is 607. The Morgan fingerprint density at radius 1 is 1.11 bits per heavy atom. The van der Waals surface area contributed by atoms with Crippen LogP contribution in [0.25, 0.3) is 0 Å². The zero-order valence-corrected chi connectivity index (χ0v) is 11.1. The van der Waals surface area contributed by atoms with Crippen LogP contribution in [-0.4, -0.2) is 22.7 Å². The van der Waals surface area contributed by atoms with Crippen LogP contribution >= 0.6 is 0 Å². The molecule has 0 saturated heterocycles. The van der Waals surface area contributed by atoms with Gasteiger partial charge in [-0.3, -0.25) is 4.98 Å². The van der Waals surface area contributed by atoms with Gasteiger partial charge in [-0.2, -0.15) is 5.10 Å². The number of anilines is 1. The first kappa shape index (κ1) is 11.8. The highest BCUT2D eigenvalue weighted by Gasteiger charge is 2.29. The van der Waals surface area contributed by atoms with Crippen molar-refractivity contribution >= 4 is 11.5 Å². The molecule has 1 aromatic heterocycles. The van der Waals surface area contributed by atoms with Gasteiger partial charge in [0.1, 0.15) is 0 Å². The van der Waals surface area contributed by atoms with E-state index in [0.717, 1.165) is 29.2 Å². The molecule has 3 rings (SSSR count). The minimum Gasteiger partial charge on any atom is -0.255 e. The summed E-state index contributed by atoms with van der Waals surface area (Å²) in [4.78, 5) is 8.90. The highest BCUT2D eigenvalue weighted by atomic mass is 15.5. The lowest BCUT2D eigenvalue weighted by molar-refractivity contribution is 0.756. The number of benzene rings is 1. The van der Waals surface area contributed by atoms with Gasteiger partial charge in [0.15, 0.2) is 5.82 Å². The van der Waals surface area contributed by atoms with Crippen molar-refractivity contribution in [3.8, 4) is 0 Å². The number of nitrogens with zero attached hydrogens (tertiary/aromatic N) is 4. The Kier molecular flexibility index (Phi) is 2.99. The summed E-state index contributed by atoms with van der Waals surface area (Å²) in [6.07, 6.45) is 4.43. The first-order valence-electron chi connectivity index (χ1n) is 6.49. The van der Waals surface area contributed by atoms with Crippen LogP contribution in [0.1, 0.15) is 30.5 Å². The molecule has 0 saturated carbocycles. The smallest absolute Gasteiger partial charge is 0.171 e. The first-order chi connectivity index (χ1) is 9.31. The Hall–Kier alpha value is -2.23. The number of hydrazone groups is 1. The monoisotopic (exact) mass is 252 g/mol. The van der Waals surface area contributed by atoms with E-state index in [1.54, 1.807) is 12.4 Å². The fourth-order valence-corrected chi connectivity index (χ4v) is 2.50. The molecule has 4 nitrogen and oxygen atoms in total. The van der Waals surface area contributed by atoms with Gasteiger partial charge in [-0.15, -0.1) is 0 Å². The lowest BCUT2D eigenvalue weighted by Gasteiger charge is -2.28. The summed E-state index contributed by atoms with van der Waals surface area (Å²) in [6.45, 7) is 2.16. The van der Waals surface area contributed by atoms with Crippen molar-refractivity contribution in [2.75, 3.05) is 12.1 Å². The van der Waals surface area contributed by atoms with E-state index in [-0.39, 0.29) is 5.92 Å². The normalized spacial score (nSPS) is 17.9. The minimum absolute atomic E-state index is 0.210. The van der Waals surface area contributed by atoms with Gasteiger partial charge in [0.2, 0.25) is 0 Å². The van der Waals surface area contributed by atoms with Crippen molar-refractivity contribution in [1.82, 2.24) is 9.97 Å². The largest absolute Gasteiger partial charge is 0.255 e. The van der Waals surface area contributed by atoms with Gasteiger partial charge in [0.05, 0.1) is 11.4 Å². The van der Waals surface area contributed by atoms with Crippen LogP contribution in [0.4, 0.5) is 5.82 Å². The second-order valence-corrected chi connectivity index (χ2v) is 4.60. The van der Waals surface area contributed by atoms with E-state index in [9.17, 15) is 0 Å². The third-order valence-electron chi connectivity index (χ3n) is 3.41. The maximum absolute atomic E-state index is 4.69. The standard InChI is InChI=1S/C15H16N4/c1-3-12-13(11-7-5-4-6-8-11)18-19(2)15-14(12)16-9-10-17-15/h4-10,12H,3H2,1-2H3. The fourth-order valence-electron chi connectivity index (χ4n) is 2.50. The molecule has 0 fully saturated rings. The van der Waals surface area contributed by atoms with E-state index < -0.39 is 0 Å². The lowest BCUT2D eigenvalue weighted by atomic mass is 9.90. The molecule has 0 spiro atoms. The summed E-state index contributed by atoms with van der Waals surface area (Å²) >= 11 is 0. The molecule has 0 radical (unpaired) electrons. The van der Waals surface area contributed by atoms with E-state index in [1.807, 2.05) is 30.3 Å². The molecule has 0 aliphatic carbocycles. The van der Waals surface area contributed by atoms with E-state index in [0.29, 0.717) is 0 Å². The maximum Gasteiger partial charge on any atom is 0.171 e. The fraction of sp³-hybridized carbons (Fsp3) is 0.267. The predicted molar refractivity (Wildman–Crippen MR) is 76.4 cm³/mol. The molecule has 2 aromatic rings. The molecule has 1 atom stereocenters. The van der Waals surface area contributed by atoms with Crippen LogP contribution in [-0.2, 0) is 0 Å². The molecular weight excluding hydrogens is 236 g/mol. The molecule has 1 unspecified atom stereocenters. The molecule has 0 bridgehead atoms. The number of hydrogen-bond donors (Lipinski definition) is 0. The van der Waals surface area contributed by atoms with Crippen LogP contribution in [0.3, 0.4) is 0 Å². The number of aromatic nitrogens is 2. The first-order valence-corrected chi connectivity index (χ1v) is 6.49. The molecule has 19 heavy (non-hydrogen) atoms. The topological polar surface area (TPSA) is 41.4 Å². The van der Waals surface area contributed by atoms with E-state index >= 15 is 0 Å². The average Bonchev–Trinajstić information content (AvgIpc) is 2.48. The second kappa shape index (κ2) is 4.80. The molecule has 4 heteroatoms. The minimum atomic E-state index is 0.210. The van der Waals surface area contributed by atoms with Crippen molar-refractivity contribution < 1.29 is 0 Å². The van der Waals surface area contributed by atoms with Crippen molar-refractivity contribution in [3.63, 3.8) is 0 Å². The summed E-state index contributed by atoms with van der Waals surface area (Å²) < 4.78 is 0. The quantitative estimate of drug-likeness (QED) is 0.825. The Morgan fingerprint density at radius 3 is 2.58 bits per heavy atom. The zero-order chi connectivity index (χ0) is 13.2. The molecule has 1 aromatic carbocycles. The second-order valence-electron chi connectivity index (χ2n) is 4.60. The predicted octanol–water partition coefficient (Wildman–Crippen LogP) is 2.82. The van der Waals surface area contributed by atoms with Gasteiger partial charge >= 0.3 is 0 Å². The number of hydrogen-bond acceptors (Lipinski definition) is 4. The lowest BCUT2D eigenvalue weighted by Crippen LogP contribution is -2.28. The summed E-state index contributed by atoms with van der Waals surface area (Å²) in [5, 5.41) is 6.51. The van der Waals surface area contributed by atoms with E-state index in [4.69, 9.17) is 5.10 Å². The van der Waals surface area contributed by atoms with Crippen LogP contribution < -0.4 is 5.01 Å². The molecule has 0 N–H and O–H groups in total. The van der Waals surface area contributed by atoms with Crippen LogP contribution in [0.15, 0.2) is 47.8 Å². The number of fused-ring (bicyclic) bond motifs is 1. The molecular formula is C15H16N4. The molecule has 2 heterocycles. The van der Waals surface area contributed by atoms with Gasteiger partial charge in [-0.05, 0) is 12.0 Å². The zero-order valence-electron chi connectivity index (χ0n) is 11.1. The van der Waals surface area contributed by atoms with Gasteiger partial charge in [0, 0.05) is 25.4 Å². The Balaban J connectivity index is 2.12. The maximum atomic E-state index is 4.69. The highest BCUT2D eigenvalue weighted by molar-refractivity contribution is 6.06. The van der Waals surface area contributed by atoms with E-state index in [1.165, 1.54) is 0 Å². The Morgan fingerprint density at radius 2 is 1.84 bits per heavy atom. The molecule has 0 amide bonds. The van der Waals surface area contributed by atoms with Crippen molar-refractivity contribution in [3.05, 3.63) is 54.0 Å². The summed E-state index contributed by atoms with van der Waals surface area (Å²) in [5.41, 5.74) is 3.23. The van der Waals surface area contributed by atoms with Gasteiger partial charge in [-0.1, -0.05) is 37.3 Å². The SMILES string of the molecule is CCC1C(c2ccccc2)=NN(C)c2nccnc21. The molecule has 96 valence electrons. The molecule has 1 aliphatic heterocycles.